The number of hydrogen-bond acceptors (Lipinski definition) is 4. The summed E-state index contributed by atoms with van der Waals surface area (Å²) in [5.41, 5.74) is 2.10. The van der Waals surface area contributed by atoms with E-state index in [0.29, 0.717) is 11.3 Å². The van der Waals surface area contributed by atoms with Crippen molar-refractivity contribution in [3.63, 3.8) is 0 Å². The van der Waals surface area contributed by atoms with Crippen LogP contribution >= 0.6 is 0 Å². The summed E-state index contributed by atoms with van der Waals surface area (Å²) < 4.78 is 0. The first kappa shape index (κ1) is 13.9. The van der Waals surface area contributed by atoms with Crippen LogP contribution in [0.15, 0.2) is 42.5 Å². The van der Waals surface area contributed by atoms with Crippen LogP contribution in [0, 0.1) is 17.0 Å². The maximum Gasteiger partial charge on any atom is 0.274 e. The van der Waals surface area contributed by atoms with Crippen LogP contribution in [0.3, 0.4) is 0 Å². The van der Waals surface area contributed by atoms with Crippen molar-refractivity contribution >= 4 is 11.4 Å². The number of benzene rings is 2. The van der Waals surface area contributed by atoms with Gasteiger partial charge in [-0.05, 0) is 26.0 Å². The third-order valence-electron chi connectivity index (χ3n) is 3.28. The van der Waals surface area contributed by atoms with Crippen LogP contribution in [-0.2, 0) is 0 Å². The quantitative estimate of drug-likeness (QED) is 0.656. The number of nitrogens with one attached hydrogen (secondary N) is 1. The summed E-state index contributed by atoms with van der Waals surface area (Å²) in [5.74, 6) is 0.204. The average molecular weight is 272 g/mol. The van der Waals surface area contributed by atoms with E-state index in [-0.39, 0.29) is 17.5 Å². The smallest absolute Gasteiger partial charge is 0.274 e. The van der Waals surface area contributed by atoms with E-state index in [4.69, 9.17) is 0 Å². The van der Waals surface area contributed by atoms with Crippen molar-refractivity contribution in [3.8, 4) is 5.75 Å². The van der Waals surface area contributed by atoms with Gasteiger partial charge >= 0.3 is 0 Å². The van der Waals surface area contributed by atoms with Crippen LogP contribution in [0.4, 0.5) is 11.4 Å². The van der Waals surface area contributed by atoms with E-state index in [2.05, 4.69) is 5.32 Å². The van der Waals surface area contributed by atoms with Crippen LogP contribution in [0.2, 0.25) is 0 Å². The normalized spacial score (nSPS) is 11.9. The molecule has 0 heterocycles. The van der Waals surface area contributed by atoms with E-state index in [1.54, 1.807) is 31.2 Å². The van der Waals surface area contributed by atoms with Gasteiger partial charge in [0.05, 0.1) is 11.0 Å². The summed E-state index contributed by atoms with van der Waals surface area (Å²) in [4.78, 5) is 10.5. The fraction of sp³-hybridized carbons (Fsp3) is 0.200. The van der Waals surface area contributed by atoms with Crippen molar-refractivity contribution < 1.29 is 10.0 Å². The molecule has 0 aliphatic heterocycles. The van der Waals surface area contributed by atoms with E-state index >= 15 is 0 Å². The SMILES string of the molecule is Cc1c(NC(C)c2ccccc2O)cccc1[N+](=O)[O-]. The summed E-state index contributed by atoms with van der Waals surface area (Å²) in [5, 5.41) is 23.9. The van der Waals surface area contributed by atoms with E-state index in [1.165, 1.54) is 6.07 Å². The minimum atomic E-state index is -0.398. The molecule has 0 aliphatic rings. The number of para-hydroxylation sites is 1. The predicted octanol–water partition coefficient (Wildman–Crippen LogP) is 3.78. The molecule has 0 fully saturated rings. The molecule has 1 unspecified atom stereocenters. The number of phenolic OH excluding ortho intramolecular Hbond substituents is 1. The molecular formula is C15H16N2O3. The Morgan fingerprint density at radius 3 is 2.55 bits per heavy atom. The van der Waals surface area contributed by atoms with Gasteiger partial charge in [0.15, 0.2) is 0 Å². The number of phenols is 1. The zero-order chi connectivity index (χ0) is 14.7. The molecule has 2 N–H and O–H groups in total. The van der Waals surface area contributed by atoms with Gasteiger partial charge in [0.2, 0.25) is 0 Å². The van der Waals surface area contributed by atoms with Gasteiger partial charge in [-0.25, -0.2) is 0 Å². The Kier molecular flexibility index (Phi) is 3.89. The van der Waals surface area contributed by atoms with E-state index in [0.717, 1.165) is 5.56 Å². The molecule has 2 rings (SSSR count). The molecule has 1 atom stereocenters. The van der Waals surface area contributed by atoms with Gasteiger partial charge < -0.3 is 10.4 Å². The van der Waals surface area contributed by atoms with Crippen molar-refractivity contribution in [1.82, 2.24) is 0 Å². The Morgan fingerprint density at radius 2 is 1.90 bits per heavy atom. The third kappa shape index (κ3) is 2.71. The standard InChI is InChI=1S/C15H16N2O3/c1-10-13(7-5-8-14(10)17(19)20)16-11(2)12-6-3-4-9-15(12)18/h3-9,11,16,18H,1-2H3. The minimum Gasteiger partial charge on any atom is -0.508 e. The van der Waals surface area contributed by atoms with Gasteiger partial charge in [0, 0.05) is 22.9 Å². The van der Waals surface area contributed by atoms with Crippen LogP contribution in [0.25, 0.3) is 0 Å². The highest BCUT2D eigenvalue weighted by Crippen LogP contribution is 2.30. The number of rotatable bonds is 4. The Balaban J connectivity index is 2.29. The lowest BCUT2D eigenvalue weighted by atomic mass is 10.1. The van der Waals surface area contributed by atoms with Crippen molar-refractivity contribution in [3.05, 3.63) is 63.7 Å². The molecule has 0 saturated heterocycles. The topological polar surface area (TPSA) is 75.4 Å². The molecule has 2 aromatic rings. The first-order valence-corrected chi connectivity index (χ1v) is 6.29. The molecule has 0 radical (unpaired) electrons. The molecule has 0 aliphatic carbocycles. The molecular weight excluding hydrogens is 256 g/mol. The van der Waals surface area contributed by atoms with Gasteiger partial charge in [-0.15, -0.1) is 0 Å². The molecule has 5 heteroatoms. The maximum absolute atomic E-state index is 10.9. The zero-order valence-electron chi connectivity index (χ0n) is 11.3. The second-order valence-corrected chi connectivity index (χ2v) is 4.63. The molecule has 0 aromatic heterocycles. The Hall–Kier alpha value is -2.56. The molecule has 0 bridgehead atoms. The van der Waals surface area contributed by atoms with Crippen molar-refractivity contribution in [2.24, 2.45) is 0 Å². The van der Waals surface area contributed by atoms with Gasteiger partial charge in [-0.2, -0.15) is 0 Å². The average Bonchev–Trinajstić information content (AvgIpc) is 2.41. The van der Waals surface area contributed by atoms with Crippen LogP contribution in [-0.4, -0.2) is 10.0 Å². The van der Waals surface area contributed by atoms with Crippen molar-refractivity contribution in [1.29, 1.82) is 0 Å². The monoisotopic (exact) mass is 272 g/mol. The molecule has 20 heavy (non-hydrogen) atoms. The van der Waals surface area contributed by atoms with Gasteiger partial charge in [-0.1, -0.05) is 24.3 Å². The largest absolute Gasteiger partial charge is 0.508 e. The van der Waals surface area contributed by atoms with Gasteiger partial charge in [-0.3, -0.25) is 10.1 Å². The second-order valence-electron chi connectivity index (χ2n) is 4.63. The Morgan fingerprint density at radius 1 is 1.20 bits per heavy atom. The number of aromatic hydroxyl groups is 1. The lowest BCUT2D eigenvalue weighted by Gasteiger charge is -2.18. The zero-order valence-corrected chi connectivity index (χ0v) is 11.3. The lowest BCUT2D eigenvalue weighted by Crippen LogP contribution is -2.08. The minimum absolute atomic E-state index is 0.0829. The fourth-order valence-corrected chi connectivity index (χ4v) is 2.14. The Labute approximate surface area is 117 Å². The van der Waals surface area contributed by atoms with Gasteiger partial charge in [0.1, 0.15) is 5.75 Å². The third-order valence-corrected chi connectivity index (χ3v) is 3.28. The first-order chi connectivity index (χ1) is 9.50. The van der Waals surface area contributed by atoms with E-state index in [1.807, 2.05) is 19.1 Å². The summed E-state index contributed by atoms with van der Waals surface area (Å²) in [6.45, 7) is 3.60. The number of hydrogen-bond donors (Lipinski definition) is 2. The van der Waals surface area contributed by atoms with E-state index < -0.39 is 4.92 Å². The van der Waals surface area contributed by atoms with Crippen molar-refractivity contribution in [2.45, 2.75) is 19.9 Å². The highest BCUT2D eigenvalue weighted by atomic mass is 16.6. The van der Waals surface area contributed by atoms with Crippen molar-refractivity contribution in [2.75, 3.05) is 5.32 Å². The predicted molar refractivity (Wildman–Crippen MR) is 78.0 cm³/mol. The van der Waals surface area contributed by atoms with Gasteiger partial charge in [0.25, 0.3) is 5.69 Å². The van der Waals surface area contributed by atoms with Crippen LogP contribution < -0.4 is 5.32 Å². The van der Waals surface area contributed by atoms with Crippen LogP contribution in [0.1, 0.15) is 24.1 Å². The fourth-order valence-electron chi connectivity index (χ4n) is 2.14. The number of anilines is 1. The highest BCUT2D eigenvalue weighted by molar-refractivity contribution is 5.60. The summed E-state index contributed by atoms with van der Waals surface area (Å²) in [6, 6.07) is 11.8. The Bertz CT molecular complexity index is 641. The molecule has 5 nitrogen and oxygen atoms in total. The summed E-state index contributed by atoms with van der Waals surface area (Å²) in [7, 11) is 0. The first-order valence-electron chi connectivity index (χ1n) is 6.29. The van der Waals surface area contributed by atoms with E-state index in [9.17, 15) is 15.2 Å². The molecule has 104 valence electrons. The summed E-state index contributed by atoms with van der Waals surface area (Å²) >= 11 is 0. The summed E-state index contributed by atoms with van der Waals surface area (Å²) in [6.07, 6.45) is 0. The number of nitro benzene ring substituents is 1. The molecule has 2 aromatic carbocycles. The maximum atomic E-state index is 10.9. The number of nitro groups is 1. The van der Waals surface area contributed by atoms with Crippen LogP contribution in [0.5, 0.6) is 5.75 Å². The second kappa shape index (κ2) is 5.61. The number of nitrogens with zero attached hydrogens (tertiary/aromatic N) is 1. The molecule has 0 amide bonds. The molecule has 0 saturated carbocycles. The highest BCUT2D eigenvalue weighted by Gasteiger charge is 2.16. The molecule has 0 spiro atoms. The lowest BCUT2D eigenvalue weighted by molar-refractivity contribution is -0.385.